The normalized spacial score (nSPS) is 35.2. The first kappa shape index (κ1) is 13.5. The largest absolute Gasteiger partial charge is 0.450 e. The minimum atomic E-state index is -0.650. The molecule has 0 aliphatic carbocycles. The predicted octanol–water partition coefficient (Wildman–Crippen LogP) is 0.955. The number of rotatable bonds is 4. The second kappa shape index (κ2) is 5.49. The molecule has 108 valence electrons. The summed E-state index contributed by atoms with van der Waals surface area (Å²) in [6.45, 7) is 0. The molecule has 0 unspecified atom stereocenters. The van der Waals surface area contributed by atoms with E-state index in [4.69, 9.17) is 23.7 Å². The number of methoxy groups -OCH3 is 2. The zero-order chi connectivity index (χ0) is 14.1. The van der Waals surface area contributed by atoms with E-state index in [9.17, 15) is 4.79 Å². The molecule has 2 heterocycles. The van der Waals surface area contributed by atoms with Gasteiger partial charge in [-0.25, -0.2) is 4.79 Å². The summed E-state index contributed by atoms with van der Waals surface area (Å²) in [5.74, 6) is -0.425. The van der Waals surface area contributed by atoms with Gasteiger partial charge in [-0.3, -0.25) is 0 Å². The van der Waals surface area contributed by atoms with Gasteiger partial charge in [-0.15, -0.1) is 0 Å². The van der Waals surface area contributed by atoms with Gasteiger partial charge >= 0.3 is 5.97 Å². The third kappa shape index (κ3) is 2.20. The molecule has 2 bridgehead atoms. The van der Waals surface area contributed by atoms with Gasteiger partial charge in [0, 0.05) is 14.2 Å². The maximum Gasteiger partial charge on any atom is 0.338 e. The molecular formula is C14H16O6. The molecule has 2 aliphatic heterocycles. The average Bonchev–Trinajstić information content (AvgIpc) is 3.05. The molecule has 2 fully saturated rings. The summed E-state index contributed by atoms with van der Waals surface area (Å²) < 4.78 is 27.0. The Hall–Kier alpha value is -1.47. The van der Waals surface area contributed by atoms with Crippen molar-refractivity contribution in [3.63, 3.8) is 0 Å². The lowest BCUT2D eigenvalue weighted by Crippen LogP contribution is -2.49. The van der Waals surface area contributed by atoms with Gasteiger partial charge in [0.25, 0.3) is 0 Å². The maximum absolute atomic E-state index is 12.1. The van der Waals surface area contributed by atoms with Crippen LogP contribution in [0.25, 0.3) is 0 Å². The van der Waals surface area contributed by atoms with Gasteiger partial charge in [0.15, 0.2) is 12.4 Å². The van der Waals surface area contributed by atoms with Crippen LogP contribution in [-0.2, 0) is 23.7 Å². The van der Waals surface area contributed by atoms with Gasteiger partial charge in [-0.05, 0) is 12.1 Å². The Kier molecular flexibility index (Phi) is 3.71. The Labute approximate surface area is 116 Å². The fourth-order valence-corrected chi connectivity index (χ4v) is 2.54. The van der Waals surface area contributed by atoms with Gasteiger partial charge < -0.3 is 23.7 Å². The zero-order valence-electron chi connectivity index (χ0n) is 11.2. The highest BCUT2D eigenvalue weighted by atomic mass is 16.8. The molecule has 20 heavy (non-hydrogen) atoms. The van der Waals surface area contributed by atoms with E-state index in [1.807, 2.05) is 6.07 Å². The van der Waals surface area contributed by atoms with Gasteiger partial charge in [0.1, 0.15) is 12.2 Å². The molecular weight excluding hydrogens is 264 g/mol. The zero-order valence-corrected chi connectivity index (χ0v) is 11.2. The molecule has 3 rings (SSSR count). The average molecular weight is 280 g/mol. The van der Waals surface area contributed by atoms with Crippen LogP contribution < -0.4 is 0 Å². The molecule has 0 saturated carbocycles. The number of carbonyl (C=O) groups excluding carboxylic acids is 1. The third-order valence-corrected chi connectivity index (χ3v) is 3.50. The summed E-state index contributed by atoms with van der Waals surface area (Å²) in [5, 5.41) is 0. The van der Waals surface area contributed by atoms with E-state index in [2.05, 4.69) is 0 Å². The van der Waals surface area contributed by atoms with Crippen LogP contribution in [0.15, 0.2) is 30.3 Å². The topological polar surface area (TPSA) is 63.2 Å². The maximum atomic E-state index is 12.1. The minimum Gasteiger partial charge on any atom is -0.450 e. The van der Waals surface area contributed by atoms with Crippen molar-refractivity contribution in [2.45, 2.75) is 30.9 Å². The predicted molar refractivity (Wildman–Crippen MR) is 67.0 cm³/mol. The fourth-order valence-electron chi connectivity index (χ4n) is 2.54. The summed E-state index contributed by atoms with van der Waals surface area (Å²) in [4.78, 5) is 12.1. The van der Waals surface area contributed by atoms with Crippen molar-refractivity contribution in [3.05, 3.63) is 35.9 Å². The number of hydrogen-bond donors (Lipinski definition) is 0. The number of carbonyl (C=O) groups is 1. The van der Waals surface area contributed by atoms with E-state index in [0.29, 0.717) is 5.56 Å². The number of benzene rings is 1. The van der Waals surface area contributed by atoms with Gasteiger partial charge in [0.05, 0.1) is 5.56 Å². The third-order valence-electron chi connectivity index (χ3n) is 3.50. The van der Waals surface area contributed by atoms with Gasteiger partial charge in [0.2, 0.25) is 6.29 Å². The Bertz CT molecular complexity index is 476. The van der Waals surface area contributed by atoms with E-state index in [0.717, 1.165) is 0 Å². The van der Waals surface area contributed by atoms with E-state index in [1.54, 1.807) is 31.4 Å². The van der Waals surface area contributed by atoms with Crippen LogP contribution in [0.1, 0.15) is 10.4 Å². The van der Waals surface area contributed by atoms with Crippen LogP contribution in [0.5, 0.6) is 0 Å². The first-order chi connectivity index (χ1) is 9.74. The molecule has 0 spiro atoms. The van der Waals surface area contributed by atoms with Crippen LogP contribution in [0.2, 0.25) is 0 Å². The van der Waals surface area contributed by atoms with Crippen molar-refractivity contribution >= 4 is 5.97 Å². The van der Waals surface area contributed by atoms with Crippen molar-refractivity contribution < 1.29 is 28.5 Å². The second-order valence-corrected chi connectivity index (χ2v) is 4.65. The molecule has 6 nitrogen and oxygen atoms in total. The first-order valence-corrected chi connectivity index (χ1v) is 6.37. The first-order valence-electron chi connectivity index (χ1n) is 6.37. The summed E-state index contributed by atoms with van der Waals surface area (Å²) in [7, 11) is 3.08. The summed E-state index contributed by atoms with van der Waals surface area (Å²) in [5.41, 5.74) is 0.480. The smallest absolute Gasteiger partial charge is 0.338 e. The highest BCUT2D eigenvalue weighted by molar-refractivity contribution is 5.89. The van der Waals surface area contributed by atoms with Crippen molar-refractivity contribution in [2.75, 3.05) is 14.2 Å². The van der Waals surface area contributed by atoms with E-state index in [-0.39, 0.29) is 6.10 Å². The molecule has 2 aliphatic rings. The van der Waals surface area contributed by atoms with Crippen molar-refractivity contribution in [1.82, 2.24) is 0 Å². The minimum absolute atomic E-state index is 0.386. The molecule has 0 amide bonds. The standard InChI is InChI=1S/C14H16O6/c1-16-9-10-13(17-2)20-14(19-10)11(9)18-12(15)8-6-4-3-5-7-8/h3-7,9-11,13-14H,1-2H3/t9-,10-,11+,13+,14-/m0/s1. The van der Waals surface area contributed by atoms with Crippen LogP contribution in [0.4, 0.5) is 0 Å². The van der Waals surface area contributed by atoms with Crippen molar-refractivity contribution in [3.8, 4) is 0 Å². The molecule has 6 heteroatoms. The van der Waals surface area contributed by atoms with E-state index in [1.165, 1.54) is 7.11 Å². The molecule has 2 saturated heterocycles. The summed E-state index contributed by atoms with van der Waals surface area (Å²) >= 11 is 0. The monoisotopic (exact) mass is 280 g/mol. The lowest BCUT2D eigenvalue weighted by molar-refractivity contribution is -0.206. The number of esters is 1. The lowest BCUT2D eigenvalue weighted by atomic mass is 10.1. The lowest BCUT2D eigenvalue weighted by Gasteiger charge is -2.30. The van der Waals surface area contributed by atoms with Crippen molar-refractivity contribution in [1.29, 1.82) is 0 Å². The van der Waals surface area contributed by atoms with E-state index >= 15 is 0 Å². The Morgan fingerprint density at radius 2 is 1.80 bits per heavy atom. The molecule has 5 atom stereocenters. The Balaban J connectivity index is 1.71. The van der Waals surface area contributed by atoms with Crippen molar-refractivity contribution in [2.24, 2.45) is 0 Å². The second-order valence-electron chi connectivity index (χ2n) is 4.65. The van der Waals surface area contributed by atoms with Gasteiger partial charge in [-0.1, -0.05) is 18.2 Å². The number of ether oxygens (including phenoxy) is 5. The molecule has 0 aromatic heterocycles. The van der Waals surface area contributed by atoms with Gasteiger partial charge in [-0.2, -0.15) is 0 Å². The van der Waals surface area contributed by atoms with Crippen LogP contribution in [-0.4, -0.2) is 51.1 Å². The molecule has 0 radical (unpaired) electrons. The Morgan fingerprint density at radius 3 is 2.45 bits per heavy atom. The van der Waals surface area contributed by atoms with Crippen LogP contribution in [0.3, 0.4) is 0 Å². The highest BCUT2D eigenvalue weighted by Crippen LogP contribution is 2.37. The number of fused-ring (bicyclic) bond motifs is 2. The summed E-state index contributed by atoms with van der Waals surface area (Å²) in [6.07, 6.45) is -2.52. The molecule has 1 aromatic carbocycles. The Morgan fingerprint density at radius 1 is 1.05 bits per heavy atom. The van der Waals surface area contributed by atoms with Crippen LogP contribution in [0, 0.1) is 0 Å². The number of hydrogen-bond acceptors (Lipinski definition) is 6. The SMILES string of the molecule is CO[C@@H]1O[C@@H]2O[C@H]1[C@H](OC)[C@H]2OC(=O)c1ccccc1. The van der Waals surface area contributed by atoms with Crippen LogP contribution >= 0.6 is 0 Å². The fraction of sp³-hybridized carbons (Fsp3) is 0.500. The summed E-state index contributed by atoms with van der Waals surface area (Å²) in [6, 6.07) is 8.77. The molecule has 0 N–H and O–H groups in total. The highest BCUT2D eigenvalue weighted by Gasteiger charge is 2.58. The van der Waals surface area contributed by atoms with E-state index < -0.39 is 30.8 Å². The quantitative estimate of drug-likeness (QED) is 0.765. The molecule has 1 aromatic rings.